The van der Waals surface area contributed by atoms with Crippen molar-refractivity contribution in [3.8, 4) is 22.6 Å². The number of anilines is 1. The van der Waals surface area contributed by atoms with Gasteiger partial charge in [-0.3, -0.25) is 14.9 Å². The van der Waals surface area contributed by atoms with Gasteiger partial charge in [-0.05, 0) is 30.7 Å². The number of amides is 1. The maximum Gasteiger partial charge on any atom is 0.433 e. The third-order valence-electron chi connectivity index (χ3n) is 4.57. The molecule has 11 heteroatoms. The van der Waals surface area contributed by atoms with Gasteiger partial charge in [0, 0.05) is 18.8 Å². The molecular weight excluding hydrogens is 410 g/mol. The summed E-state index contributed by atoms with van der Waals surface area (Å²) >= 11 is 0. The molecular formula is C20H17N3O8. The van der Waals surface area contributed by atoms with Gasteiger partial charge in [0.1, 0.15) is 4.92 Å². The van der Waals surface area contributed by atoms with E-state index < -0.39 is 22.7 Å². The van der Waals surface area contributed by atoms with Gasteiger partial charge in [-0.25, -0.2) is 4.79 Å². The molecule has 0 aliphatic carbocycles. The van der Waals surface area contributed by atoms with Crippen molar-refractivity contribution < 1.29 is 33.1 Å². The Bertz CT molecular complexity index is 1190. The first kappa shape index (κ1) is 20.0. The number of hydrogen-bond acceptors (Lipinski definition) is 8. The third-order valence-corrected chi connectivity index (χ3v) is 4.57. The van der Waals surface area contributed by atoms with Gasteiger partial charge >= 0.3 is 11.9 Å². The molecule has 0 spiro atoms. The van der Waals surface area contributed by atoms with Gasteiger partial charge in [0.2, 0.25) is 6.79 Å². The second-order valence-corrected chi connectivity index (χ2v) is 6.51. The summed E-state index contributed by atoms with van der Waals surface area (Å²) in [4.78, 5) is 35.4. The predicted molar refractivity (Wildman–Crippen MR) is 106 cm³/mol. The minimum atomic E-state index is -0.758. The summed E-state index contributed by atoms with van der Waals surface area (Å²) in [5.74, 6) is -1.14. The minimum Gasteiger partial charge on any atom is -0.461 e. The van der Waals surface area contributed by atoms with Crippen LogP contribution in [0.15, 0.2) is 40.9 Å². The number of carbonyl (C=O) groups is 2. The number of nitrogens with one attached hydrogen (secondary N) is 1. The van der Waals surface area contributed by atoms with Crippen LogP contribution >= 0.6 is 0 Å². The molecule has 0 saturated heterocycles. The summed E-state index contributed by atoms with van der Waals surface area (Å²) in [5, 5.41) is 13.5. The van der Waals surface area contributed by atoms with Gasteiger partial charge < -0.3 is 28.5 Å². The van der Waals surface area contributed by atoms with Gasteiger partial charge in [-0.2, -0.15) is 0 Å². The quantitative estimate of drug-likeness (QED) is 0.359. The lowest BCUT2D eigenvalue weighted by Crippen LogP contribution is -2.17. The van der Waals surface area contributed by atoms with Crippen molar-refractivity contribution in [1.82, 2.24) is 4.57 Å². The molecule has 1 amide bonds. The van der Waals surface area contributed by atoms with Crippen LogP contribution in [0.2, 0.25) is 0 Å². The summed E-state index contributed by atoms with van der Waals surface area (Å²) in [5.41, 5.74) is 1.43. The normalized spacial score (nSPS) is 11.9. The van der Waals surface area contributed by atoms with Gasteiger partial charge in [-0.15, -0.1) is 0 Å². The molecule has 3 aromatic rings. The van der Waals surface area contributed by atoms with Crippen molar-refractivity contribution in [3.05, 3.63) is 58.1 Å². The average molecular weight is 427 g/mol. The fourth-order valence-electron chi connectivity index (χ4n) is 3.20. The molecule has 0 radical (unpaired) electrons. The fraction of sp³-hybridized carbons (Fsp3) is 0.200. The highest BCUT2D eigenvalue weighted by molar-refractivity contribution is 6.10. The van der Waals surface area contributed by atoms with Crippen molar-refractivity contribution in [2.24, 2.45) is 7.05 Å². The van der Waals surface area contributed by atoms with E-state index in [1.54, 1.807) is 38.4 Å². The summed E-state index contributed by atoms with van der Waals surface area (Å²) in [6, 6.07) is 7.45. The number of hydrogen-bond donors (Lipinski definition) is 1. The fourth-order valence-corrected chi connectivity index (χ4v) is 3.20. The topological polar surface area (TPSA) is 135 Å². The van der Waals surface area contributed by atoms with E-state index in [2.05, 4.69) is 5.32 Å². The van der Waals surface area contributed by atoms with Crippen LogP contribution in [-0.4, -0.2) is 34.8 Å². The summed E-state index contributed by atoms with van der Waals surface area (Å²) < 4.78 is 22.4. The molecule has 0 saturated carbocycles. The number of nitro groups is 1. The van der Waals surface area contributed by atoms with Crippen LogP contribution in [0.25, 0.3) is 11.1 Å². The second kappa shape index (κ2) is 7.86. The SMILES string of the molecule is CCOC(=O)c1c(NC(=O)c2ccc([N+](=O)[O-])o2)c(-c2ccc3c(c2)OCO3)cn1C. The van der Waals surface area contributed by atoms with Crippen LogP contribution < -0.4 is 14.8 Å². The third kappa shape index (κ3) is 3.68. The molecule has 160 valence electrons. The summed E-state index contributed by atoms with van der Waals surface area (Å²) in [6.07, 6.45) is 1.66. The van der Waals surface area contributed by atoms with Crippen molar-refractivity contribution in [3.63, 3.8) is 0 Å². The highest BCUT2D eigenvalue weighted by Crippen LogP contribution is 2.40. The molecule has 1 aliphatic rings. The number of furan rings is 1. The van der Waals surface area contributed by atoms with E-state index in [1.807, 2.05) is 0 Å². The standard InChI is InChI=1S/C20H17N3O8/c1-3-28-20(25)18-17(21-19(24)14-6-7-16(31-14)23(26)27)12(9-22(18)2)11-4-5-13-15(8-11)30-10-29-13/h4-9H,3,10H2,1-2H3,(H,21,24). The van der Waals surface area contributed by atoms with Crippen molar-refractivity contribution in [2.45, 2.75) is 6.92 Å². The van der Waals surface area contributed by atoms with Gasteiger partial charge in [0.05, 0.1) is 18.4 Å². The lowest BCUT2D eigenvalue weighted by molar-refractivity contribution is -0.402. The number of aryl methyl sites for hydroxylation is 1. The number of benzene rings is 1. The van der Waals surface area contributed by atoms with E-state index in [9.17, 15) is 19.7 Å². The van der Waals surface area contributed by atoms with Crippen LogP contribution in [0.1, 0.15) is 28.0 Å². The Morgan fingerprint density at radius 2 is 2.00 bits per heavy atom. The van der Waals surface area contributed by atoms with E-state index in [4.69, 9.17) is 18.6 Å². The van der Waals surface area contributed by atoms with Crippen LogP contribution in [-0.2, 0) is 11.8 Å². The molecule has 0 fully saturated rings. The second-order valence-electron chi connectivity index (χ2n) is 6.51. The molecule has 11 nitrogen and oxygen atoms in total. The first-order valence-electron chi connectivity index (χ1n) is 9.21. The zero-order valence-corrected chi connectivity index (χ0v) is 16.5. The molecule has 31 heavy (non-hydrogen) atoms. The van der Waals surface area contributed by atoms with E-state index in [0.717, 1.165) is 6.07 Å². The molecule has 0 unspecified atom stereocenters. The average Bonchev–Trinajstić information content (AvgIpc) is 3.46. The number of carbonyl (C=O) groups excluding carboxylic acids is 2. The van der Waals surface area contributed by atoms with Gasteiger partial charge in [0.15, 0.2) is 23.0 Å². The van der Waals surface area contributed by atoms with E-state index in [-0.39, 0.29) is 30.5 Å². The van der Waals surface area contributed by atoms with Crippen molar-refractivity contribution in [2.75, 3.05) is 18.7 Å². The molecule has 2 aromatic heterocycles. The Hall–Kier alpha value is -4.28. The lowest BCUT2D eigenvalue weighted by atomic mass is 10.1. The number of nitrogens with zero attached hydrogens (tertiary/aromatic N) is 2. The molecule has 0 bridgehead atoms. The Labute approximate surface area is 175 Å². The predicted octanol–water partition coefficient (Wildman–Crippen LogP) is 3.35. The number of rotatable bonds is 6. The largest absolute Gasteiger partial charge is 0.461 e. The summed E-state index contributed by atoms with van der Waals surface area (Å²) in [7, 11) is 1.64. The number of esters is 1. The lowest BCUT2D eigenvalue weighted by Gasteiger charge is -2.10. The van der Waals surface area contributed by atoms with Crippen molar-refractivity contribution >= 4 is 23.4 Å². The smallest absolute Gasteiger partial charge is 0.433 e. The Morgan fingerprint density at radius 1 is 1.23 bits per heavy atom. The summed E-state index contributed by atoms with van der Waals surface area (Å²) in [6.45, 7) is 1.91. The molecule has 1 N–H and O–H groups in total. The van der Waals surface area contributed by atoms with Crippen molar-refractivity contribution in [1.29, 1.82) is 0 Å². The molecule has 1 aliphatic heterocycles. The first-order chi connectivity index (χ1) is 14.9. The van der Waals surface area contributed by atoms with Crippen LogP contribution in [0.4, 0.5) is 11.6 Å². The van der Waals surface area contributed by atoms with Crippen LogP contribution in [0.3, 0.4) is 0 Å². The minimum absolute atomic E-state index is 0.0997. The Morgan fingerprint density at radius 3 is 2.71 bits per heavy atom. The highest BCUT2D eigenvalue weighted by atomic mass is 16.7. The monoisotopic (exact) mass is 427 g/mol. The zero-order valence-electron chi connectivity index (χ0n) is 16.5. The van der Waals surface area contributed by atoms with Gasteiger partial charge in [-0.1, -0.05) is 6.07 Å². The van der Waals surface area contributed by atoms with E-state index in [1.165, 1.54) is 10.6 Å². The number of fused-ring (bicyclic) bond motifs is 1. The van der Waals surface area contributed by atoms with Crippen LogP contribution in [0, 0.1) is 10.1 Å². The number of aromatic nitrogens is 1. The number of ether oxygens (including phenoxy) is 3. The molecule has 1 aromatic carbocycles. The van der Waals surface area contributed by atoms with E-state index in [0.29, 0.717) is 22.6 Å². The maximum absolute atomic E-state index is 12.7. The zero-order chi connectivity index (χ0) is 22.1. The van der Waals surface area contributed by atoms with Gasteiger partial charge in [0.25, 0.3) is 5.91 Å². The van der Waals surface area contributed by atoms with E-state index >= 15 is 0 Å². The highest BCUT2D eigenvalue weighted by Gasteiger charge is 2.27. The first-order valence-corrected chi connectivity index (χ1v) is 9.21. The Balaban J connectivity index is 1.77. The maximum atomic E-state index is 12.7. The van der Waals surface area contributed by atoms with Crippen LogP contribution in [0.5, 0.6) is 11.5 Å². The Kier molecular flexibility index (Phi) is 5.07. The molecule has 4 rings (SSSR count). The molecule has 3 heterocycles. The molecule has 0 atom stereocenters.